The summed E-state index contributed by atoms with van der Waals surface area (Å²) in [6.45, 7) is 1.96. The van der Waals surface area contributed by atoms with Gasteiger partial charge in [-0.25, -0.2) is 0 Å². The van der Waals surface area contributed by atoms with Crippen LogP contribution in [0.15, 0.2) is 10.7 Å². The van der Waals surface area contributed by atoms with Crippen molar-refractivity contribution in [3.8, 4) is 11.6 Å². The summed E-state index contributed by atoms with van der Waals surface area (Å²) in [6, 6.07) is 0. The van der Waals surface area contributed by atoms with Crippen molar-refractivity contribution in [2.45, 2.75) is 6.92 Å². The van der Waals surface area contributed by atoms with E-state index in [9.17, 15) is 0 Å². The van der Waals surface area contributed by atoms with Crippen molar-refractivity contribution >= 4 is 5.95 Å². The Labute approximate surface area is 87.5 Å². The molecule has 0 aliphatic carbocycles. The van der Waals surface area contributed by atoms with Gasteiger partial charge in [0.2, 0.25) is 0 Å². The van der Waals surface area contributed by atoms with Crippen LogP contribution in [-0.2, 0) is 7.05 Å². The van der Waals surface area contributed by atoms with E-state index in [0.29, 0.717) is 11.8 Å². The number of aromatic nitrogens is 4. The lowest BCUT2D eigenvalue weighted by atomic mass is 10.3. The molecule has 0 aliphatic heterocycles. The van der Waals surface area contributed by atoms with Gasteiger partial charge >= 0.3 is 0 Å². The highest BCUT2D eigenvalue weighted by atomic mass is 16.5. The zero-order chi connectivity index (χ0) is 11.0. The van der Waals surface area contributed by atoms with E-state index in [0.717, 1.165) is 11.3 Å². The lowest BCUT2D eigenvalue weighted by Gasteiger charge is -2.02. The highest BCUT2D eigenvalue weighted by Crippen LogP contribution is 2.20. The zero-order valence-electron chi connectivity index (χ0n) is 9.22. The fourth-order valence-corrected chi connectivity index (χ4v) is 1.31. The highest BCUT2D eigenvalue weighted by Gasteiger charge is 2.15. The van der Waals surface area contributed by atoms with Crippen LogP contribution in [-0.4, -0.2) is 34.0 Å². The third kappa shape index (κ3) is 1.70. The molecule has 6 heteroatoms. The summed E-state index contributed by atoms with van der Waals surface area (Å²) in [5, 5.41) is 8.09. The number of aryl methyl sites for hydroxylation is 2. The maximum Gasteiger partial charge on any atom is 0.280 e. The lowest BCUT2D eigenvalue weighted by molar-refractivity contribution is 0.428. The molecule has 0 spiro atoms. The van der Waals surface area contributed by atoms with Gasteiger partial charge in [0.15, 0.2) is 5.69 Å². The van der Waals surface area contributed by atoms with Gasteiger partial charge in [-0.1, -0.05) is 0 Å². The van der Waals surface area contributed by atoms with Crippen molar-refractivity contribution in [3.05, 3.63) is 11.8 Å². The average Bonchev–Trinajstić information content (AvgIpc) is 2.71. The van der Waals surface area contributed by atoms with Crippen LogP contribution in [0.4, 0.5) is 5.95 Å². The first kappa shape index (κ1) is 9.70. The minimum atomic E-state index is 0.455. The summed E-state index contributed by atoms with van der Waals surface area (Å²) in [5.74, 6) is 1.01. The van der Waals surface area contributed by atoms with Crippen LogP contribution in [0.3, 0.4) is 0 Å². The molecule has 6 nitrogen and oxygen atoms in total. The van der Waals surface area contributed by atoms with Crippen molar-refractivity contribution in [3.63, 3.8) is 0 Å². The monoisotopic (exact) mass is 207 g/mol. The van der Waals surface area contributed by atoms with Gasteiger partial charge in [0.05, 0.1) is 0 Å². The molecule has 2 aromatic heterocycles. The average molecular weight is 207 g/mol. The van der Waals surface area contributed by atoms with Crippen LogP contribution in [0.5, 0.6) is 0 Å². The lowest BCUT2D eigenvalue weighted by Crippen LogP contribution is -2.10. The number of anilines is 1. The second kappa shape index (κ2) is 3.38. The van der Waals surface area contributed by atoms with Crippen LogP contribution in [0.2, 0.25) is 0 Å². The largest absolute Gasteiger partial charge is 0.344 e. The maximum atomic E-state index is 5.13. The van der Waals surface area contributed by atoms with Crippen LogP contribution < -0.4 is 4.90 Å². The number of hydrogen-bond donors (Lipinski definition) is 0. The van der Waals surface area contributed by atoms with Crippen LogP contribution in [0.25, 0.3) is 11.6 Å². The predicted octanol–water partition coefficient (Wildman–Crippen LogP) is 0.845. The quantitative estimate of drug-likeness (QED) is 0.730. The highest BCUT2D eigenvalue weighted by molar-refractivity contribution is 5.53. The van der Waals surface area contributed by atoms with E-state index in [-0.39, 0.29) is 0 Å². The van der Waals surface area contributed by atoms with E-state index in [1.807, 2.05) is 34.3 Å². The van der Waals surface area contributed by atoms with Gasteiger partial charge < -0.3 is 9.42 Å². The van der Waals surface area contributed by atoms with E-state index < -0.39 is 0 Å². The zero-order valence-corrected chi connectivity index (χ0v) is 9.22. The molecule has 0 aromatic carbocycles. The Morgan fingerprint density at radius 1 is 1.40 bits per heavy atom. The first-order valence-electron chi connectivity index (χ1n) is 4.59. The molecule has 0 atom stereocenters. The van der Waals surface area contributed by atoms with Crippen molar-refractivity contribution in [1.82, 2.24) is 19.9 Å². The van der Waals surface area contributed by atoms with Crippen LogP contribution in [0, 0.1) is 6.92 Å². The normalized spacial score (nSPS) is 10.7. The molecule has 0 saturated carbocycles. The first-order valence-corrected chi connectivity index (χ1v) is 4.59. The maximum absolute atomic E-state index is 5.13. The number of hydrogen-bond acceptors (Lipinski definition) is 5. The van der Waals surface area contributed by atoms with Crippen molar-refractivity contribution < 1.29 is 4.52 Å². The summed E-state index contributed by atoms with van der Waals surface area (Å²) in [7, 11) is 5.58. The Morgan fingerprint density at radius 2 is 2.13 bits per heavy atom. The van der Waals surface area contributed by atoms with E-state index >= 15 is 0 Å². The first-order chi connectivity index (χ1) is 7.08. The van der Waals surface area contributed by atoms with Gasteiger partial charge in [0.25, 0.3) is 11.8 Å². The molecule has 0 aliphatic rings. The van der Waals surface area contributed by atoms with E-state index in [1.165, 1.54) is 0 Å². The summed E-state index contributed by atoms with van der Waals surface area (Å²) in [6.07, 6.45) is 1.91. The molecule has 0 saturated heterocycles. The molecule has 15 heavy (non-hydrogen) atoms. The second-order valence-corrected chi connectivity index (χ2v) is 3.63. The SMILES string of the molecule is Cc1cn(C)nc1-c1nc(N(C)C)no1. The molecule has 0 amide bonds. The third-order valence-corrected chi connectivity index (χ3v) is 2.03. The molecule has 2 rings (SSSR count). The van der Waals surface area contributed by atoms with Crippen molar-refractivity contribution in [1.29, 1.82) is 0 Å². The van der Waals surface area contributed by atoms with Gasteiger partial charge in [0, 0.05) is 32.9 Å². The van der Waals surface area contributed by atoms with E-state index in [4.69, 9.17) is 4.52 Å². The van der Waals surface area contributed by atoms with Gasteiger partial charge in [-0.3, -0.25) is 4.68 Å². The third-order valence-electron chi connectivity index (χ3n) is 2.03. The fourth-order valence-electron chi connectivity index (χ4n) is 1.31. The molecular weight excluding hydrogens is 194 g/mol. The summed E-state index contributed by atoms with van der Waals surface area (Å²) in [5.41, 5.74) is 1.75. The molecule has 0 N–H and O–H groups in total. The number of rotatable bonds is 2. The van der Waals surface area contributed by atoms with Crippen molar-refractivity contribution in [2.75, 3.05) is 19.0 Å². The molecule has 2 aromatic rings. The summed E-state index contributed by atoms with van der Waals surface area (Å²) in [4.78, 5) is 6.01. The molecular formula is C9H13N5O. The van der Waals surface area contributed by atoms with Gasteiger partial charge in [0.1, 0.15) is 0 Å². The topological polar surface area (TPSA) is 60.0 Å². The van der Waals surface area contributed by atoms with Gasteiger partial charge in [-0.05, 0) is 12.1 Å². The molecule has 0 unspecified atom stereocenters. The Bertz CT molecular complexity index is 471. The smallest absolute Gasteiger partial charge is 0.280 e. The van der Waals surface area contributed by atoms with Crippen molar-refractivity contribution in [2.24, 2.45) is 7.05 Å². The van der Waals surface area contributed by atoms with E-state index in [2.05, 4.69) is 15.2 Å². The Kier molecular flexibility index (Phi) is 2.18. The van der Waals surface area contributed by atoms with E-state index in [1.54, 1.807) is 9.58 Å². The standard InChI is InChI=1S/C9H13N5O/c1-6-5-14(4)11-7(6)8-10-9(12-15-8)13(2)3/h5H,1-4H3. The second-order valence-electron chi connectivity index (χ2n) is 3.63. The predicted molar refractivity (Wildman–Crippen MR) is 55.6 cm³/mol. The molecule has 0 bridgehead atoms. The van der Waals surface area contributed by atoms with Crippen LogP contribution in [0.1, 0.15) is 5.56 Å². The summed E-state index contributed by atoms with van der Waals surface area (Å²) < 4.78 is 6.85. The molecule has 0 fully saturated rings. The molecule has 0 radical (unpaired) electrons. The Hall–Kier alpha value is -1.85. The number of nitrogens with zero attached hydrogens (tertiary/aromatic N) is 5. The summed E-state index contributed by atoms with van der Waals surface area (Å²) >= 11 is 0. The van der Waals surface area contributed by atoms with Crippen LogP contribution >= 0.6 is 0 Å². The Morgan fingerprint density at radius 3 is 2.60 bits per heavy atom. The molecule has 2 heterocycles. The Balaban J connectivity index is 2.41. The fraction of sp³-hybridized carbons (Fsp3) is 0.444. The molecule has 80 valence electrons. The minimum absolute atomic E-state index is 0.455. The van der Waals surface area contributed by atoms with Gasteiger partial charge in [-0.2, -0.15) is 10.1 Å². The minimum Gasteiger partial charge on any atom is -0.344 e. The van der Waals surface area contributed by atoms with Gasteiger partial charge in [-0.15, -0.1) is 0 Å².